The molecule has 0 spiro atoms. The summed E-state index contributed by atoms with van der Waals surface area (Å²) in [6.07, 6.45) is 1.67. The van der Waals surface area contributed by atoms with Crippen LogP contribution in [0.4, 0.5) is 0 Å². The minimum Gasteiger partial charge on any atom is -0.251 e. The number of nitrogens with zero attached hydrogens (tertiary/aromatic N) is 3. The molecule has 0 aliphatic rings. The van der Waals surface area contributed by atoms with E-state index in [4.69, 9.17) is 11.6 Å². The van der Waals surface area contributed by atoms with Crippen LogP contribution in [-0.4, -0.2) is 14.4 Å². The van der Waals surface area contributed by atoms with Gasteiger partial charge in [0.05, 0.1) is 0 Å². The zero-order chi connectivity index (χ0) is 14.8. The zero-order valence-electron chi connectivity index (χ0n) is 11.3. The summed E-state index contributed by atoms with van der Waals surface area (Å²) in [4.78, 5) is 20.5. The van der Waals surface area contributed by atoms with Crippen LogP contribution in [0.1, 0.15) is 11.1 Å². The van der Waals surface area contributed by atoms with E-state index in [0.717, 1.165) is 11.1 Å². The van der Waals surface area contributed by atoms with Crippen LogP contribution in [0.3, 0.4) is 0 Å². The quantitative estimate of drug-likeness (QED) is 0.695. The van der Waals surface area contributed by atoms with Gasteiger partial charge in [0.25, 0.3) is 0 Å². The summed E-state index contributed by atoms with van der Waals surface area (Å²) in [6, 6.07) is 11.3. The van der Waals surface area contributed by atoms with Crippen LogP contribution in [0.2, 0.25) is 5.02 Å². The normalized spacial score (nSPS) is 11.0. The molecule has 2 heterocycles. The Morgan fingerprint density at radius 1 is 1.19 bits per heavy atom. The van der Waals surface area contributed by atoms with Gasteiger partial charge in [0.15, 0.2) is 5.16 Å². The Labute approximate surface area is 130 Å². The SMILES string of the molecule is Cc1cccn2c(=O)nc(SCc3ccccc3Cl)nc12. The third kappa shape index (κ3) is 2.94. The van der Waals surface area contributed by atoms with Crippen LogP contribution in [0, 0.1) is 6.92 Å². The molecule has 0 bridgehead atoms. The average molecular weight is 318 g/mol. The van der Waals surface area contributed by atoms with Gasteiger partial charge < -0.3 is 0 Å². The van der Waals surface area contributed by atoms with E-state index in [1.807, 2.05) is 43.3 Å². The molecule has 21 heavy (non-hydrogen) atoms. The van der Waals surface area contributed by atoms with Crippen LogP contribution in [-0.2, 0) is 5.75 Å². The average Bonchev–Trinajstić information content (AvgIpc) is 2.48. The van der Waals surface area contributed by atoms with Gasteiger partial charge in [0, 0.05) is 17.0 Å². The predicted octanol–water partition coefficient (Wildman–Crippen LogP) is 3.34. The van der Waals surface area contributed by atoms with Gasteiger partial charge in [-0.3, -0.25) is 4.40 Å². The van der Waals surface area contributed by atoms with E-state index in [0.29, 0.717) is 21.6 Å². The third-order valence-corrected chi connectivity index (χ3v) is 4.34. The molecule has 0 aliphatic carbocycles. The number of benzene rings is 1. The van der Waals surface area contributed by atoms with Crippen LogP contribution in [0.25, 0.3) is 5.65 Å². The number of fused-ring (bicyclic) bond motifs is 1. The first kappa shape index (κ1) is 14.1. The molecule has 3 aromatic rings. The Morgan fingerprint density at radius 3 is 2.81 bits per heavy atom. The number of pyridine rings is 1. The lowest BCUT2D eigenvalue weighted by Crippen LogP contribution is -2.19. The molecule has 0 N–H and O–H groups in total. The molecule has 3 rings (SSSR count). The van der Waals surface area contributed by atoms with Gasteiger partial charge >= 0.3 is 5.69 Å². The lowest BCUT2D eigenvalue weighted by Gasteiger charge is -2.05. The molecule has 106 valence electrons. The lowest BCUT2D eigenvalue weighted by molar-refractivity contribution is 0.842. The number of thioether (sulfide) groups is 1. The van der Waals surface area contributed by atoms with Crippen molar-refractivity contribution in [3.05, 3.63) is 69.2 Å². The van der Waals surface area contributed by atoms with Gasteiger partial charge in [-0.25, -0.2) is 9.78 Å². The summed E-state index contributed by atoms with van der Waals surface area (Å²) in [5.74, 6) is 0.626. The number of hydrogen-bond acceptors (Lipinski definition) is 4. The third-order valence-electron chi connectivity index (χ3n) is 3.08. The molecule has 6 heteroatoms. The minimum absolute atomic E-state index is 0.314. The minimum atomic E-state index is -0.314. The van der Waals surface area contributed by atoms with E-state index < -0.39 is 0 Å². The van der Waals surface area contributed by atoms with Gasteiger partial charge in [0.1, 0.15) is 5.65 Å². The van der Waals surface area contributed by atoms with Crippen molar-refractivity contribution in [2.75, 3.05) is 0 Å². The molecule has 2 aromatic heterocycles. The van der Waals surface area contributed by atoms with E-state index in [9.17, 15) is 4.79 Å². The standard InChI is InChI=1S/C15H12ClN3OS/c1-10-5-4-8-19-13(10)17-14(18-15(19)20)21-9-11-6-2-3-7-12(11)16/h2-8H,9H2,1H3. The first-order valence-electron chi connectivity index (χ1n) is 6.37. The van der Waals surface area contributed by atoms with Crippen molar-refractivity contribution in [3.8, 4) is 0 Å². The fourth-order valence-corrected chi connectivity index (χ4v) is 3.09. The highest BCUT2D eigenvalue weighted by molar-refractivity contribution is 7.98. The number of aryl methyl sites for hydroxylation is 1. The molecular formula is C15H12ClN3OS. The van der Waals surface area contributed by atoms with E-state index in [2.05, 4.69) is 9.97 Å². The summed E-state index contributed by atoms with van der Waals surface area (Å²) in [5, 5.41) is 1.17. The first-order valence-corrected chi connectivity index (χ1v) is 7.74. The summed E-state index contributed by atoms with van der Waals surface area (Å²) < 4.78 is 1.45. The second-order valence-electron chi connectivity index (χ2n) is 4.55. The molecule has 0 amide bonds. The Balaban J connectivity index is 1.93. The van der Waals surface area contributed by atoms with Crippen molar-refractivity contribution in [1.82, 2.24) is 14.4 Å². The van der Waals surface area contributed by atoms with Crippen molar-refractivity contribution in [2.45, 2.75) is 17.8 Å². The summed E-state index contributed by atoms with van der Waals surface area (Å²) in [7, 11) is 0. The molecule has 0 radical (unpaired) electrons. The second-order valence-corrected chi connectivity index (χ2v) is 5.90. The fourth-order valence-electron chi connectivity index (χ4n) is 1.98. The predicted molar refractivity (Wildman–Crippen MR) is 85.0 cm³/mol. The molecule has 1 aromatic carbocycles. The highest BCUT2D eigenvalue weighted by atomic mass is 35.5. The van der Waals surface area contributed by atoms with Crippen LogP contribution < -0.4 is 5.69 Å². The van der Waals surface area contributed by atoms with Gasteiger partial charge in [0.2, 0.25) is 0 Å². The zero-order valence-corrected chi connectivity index (χ0v) is 12.9. The van der Waals surface area contributed by atoms with Gasteiger partial charge in [-0.1, -0.05) is 47.6 Å². The van der Waals surface area contributed by atoms with Crippen molar-refractivity contribution in [3.63, 3.8) is 0 Å². The molecule has 0 saturated heterocycles. The summed E-state index contributed by atoms with van der Waals surface area (Å²) in [6.45, 7) is 1.92. The van der Waals surface area contributed by atoms with Crippen LogP contribution in [0.5, 0.6) is 0 Å². The van der Waals surface area contributed by atoms with E-state index in [-0.39, 0.29) is 5.69 Å². The smallest absolute Gasteiger partial charge is 0.251 e. The Hall–Kier alpha value is -1.85. The Bertz CT molecular complexity index is 863. The Kier molecular flexibility index (Phi) is 3.94. The number of aromatic nitrogens is 3. The van der Waals surface area contributed by atoms with E-state index >= 15 is 0 Å². The lowest BCUT2D eigenvalue weighted by atomic mass is 10.2. The number of rotatable bonds is 3. The second kappa shape index (κ2) is 5.87. The molecule has 0 atom stereocenters. The van der Waals surface area contributed by atoms with Crippen molar-refractivity contribution in [2.24, 2.45) is 0 Å². The maximum absolute atomic E-state index is 12.0. The molecular weight excluding hydrogens is 306 g/mol. The largest absolute Gasteiger partial charge is 0.355 e. The molecule has 0 unspecified atom stereocenters. The van der Waals surface area contributed by atoms with Crippen molar-refractivity contribution in [1.29, 1.82) is 0 Å². The number of halogens is 1. The fraction of sp³-hybridized carbons (Fsp3) is 0.133. The summed E-state index contributed by atoms with van der Waals surface area (Å²) >= 11 is 7.53. The molecule has 0 saturated carbocycles. The first-order chi connectivity index (χ1) is 10.1. The highest BCUT2D eigenvalue weighted by Gasteiger charge is 2.07. The van der Waals surface area contributed by atoms with E-state index in [1.165, 1.54) is 16.2 Å². The molecule has 0 fully saturated rings. The highest BCUT2D eigenvalue weighted by Crippen LogP contribution is 2.24. The maximum atomic E-state index is 12.0. The van der Waals surface area contributed by atoms with Gasteiger partial charge in [-0.05, 0) is 30.2 Å². The van der Waals surface area contributed by atoms with Crippen LogP contribution >= 0.6 is 23.4 Å². The van der Waals surface area contributed by atoms with Crippen molar-refractivity contribution >= 4 is 29.0 Å². The Morgan fingerprint density at radius 2 is 2.00 bits per heavy atom. The van der Waals surface area contributed by atoms with Crippen molar-refractivity contribution < 1.29 is 0 Å². The number of hydrogen-bond donors (Lipinski definition) is 0. The molecule has 4 nitrogen and oxygen atoms in total. The maximum Gasteiger partial charge on any atom is 0.355 e. The monoisotopic (exact) mass is 317 g/mol. The van der Waals surface area contributed by atoms with Gasteiger partial charge in [-0.2, -0.15) is 4.98 Å². The van der Waals surface area contributed by atoms with Gasteiger partial charge in [-0.15, -0.1) is 0 Å². The van der Waals surface area contributed by atoms with E-state index in [1.54, 1.807) is 6.20 Å². The molecule has 0 aliphatic heterocycles. The summed E-state index contributed by atoms with van der Waals surface area (Å²) in [5.41, 5.74) is 2.26. The van der Waals surface area contributed by atoms with Crippen LogP contribution in [0.15, 0.2) is 52.5 Å². The topological polar surface area (TPSA) is 47.3 Å².